The van der Waals surface area contributed by atoms with Gasteiger partial charge in [-0.05, 0) is 12.8 Å². The molecule has 1 fully saturated rings. The fourth-order valence-electron chi connectivity index (χ4n) is 1.39. The van der Waals surface area contributed by atoms with Gasteiger partial charge in [-0.2, -0.15) is 0 Å². The molecular formula is C8H10N4O. The minimum Gasteiger partial charge on any atom is -0.384 e. The maximum Gasteiger partial charge on any atom is 0.229 e. The van der Waals surface area contributed by atoms with Crippen molar-refractivity contribution in [1.82, 2.24) is 9.97 Å². The molecule has 0 saturated heterocycles. The highest BCUT2D eigenvalue weighted by Crippen LogP contribution is 2.47. The van der Waals surface area contributed by atoms with Crippen LogP contribution in [0.2, 0.25) is 0 Å². The molecule has 0 bridgehead atoms. The third-order valence-corrected chi connectivity index (χ3v) is 2.40. The number of carbonyl (C=O) groups excluding carboxylic acids is 1. The Morgan fingerprint density at radius 1 is 1.46 bits per heavy atom. The minimum atomic E-state index is -0.558. The van der Waals surface area contributed by atoms with Crippen molar-refractivity contribution in [3.05, 3.63) is 18.1 Å². The summed E-state index contributed by atoms with van der Waals surface area (Å²) in [6, 6.07) is 1.61. The highest BCUT2D eigenvalue weighted by atomic mass is 16.1. The quantitative estimate of drug-likeness (QED) is 0.642. The number of amides is 1. The molecule has 1 heterocycles. The first-order valence-corrected chi connectivity index (χ1v) is 4.03. The summed E-state index contributed by atoms with van der Waals surface area (Å²) in [6.45, 7) is 0. The SMILES string of the molecule is NC(=O)C1(c2cc(N)ncn2)CC1. The van der Waals surface area contributed by atoms with Crippen molar-refractivity contribution < 1.29 is 4.79 Å². The van der Waals surface area contributed by atoms with E-state index in [4.69, 9.17) is 11.5 Å². The number of primary amides is 1. The molecule has 1 aliphatic carbocycles. The summed E-state index contributed by atoms with van der Waals surface area (Å²) < 4.78 is 0. The average molecular weight is 178 g/mol. The third-order valence-electron chi connectivity index (χ3n) is 2.40. The van der Waals surface area contributed by atoms with Crippen molar-refractivity contribution in [2.75, 3.05) is 5.73 Å². The molecule has 2 rings (SSSR count). The van der Waals surface area contributed by atoms with Crippen LogP contribution in [-0.2, 0) is 10.2 Å². The number of hydrogen-bond acceptors (Lipinski definition) is 4. The molecule has 0 radical (unpaired) electrons. The van der Waals surface area contributed by atoms with Gasteiger partial charge in [0.2, 0.25) is 5.91 Å². The predicted octanol–water partition coefficient (Wildman–Crippen LogP) is -0.424. The first-order chi connectivity index (χ1) is 6.15. The van der Waals surface area contributed by atoms with Crippen molar-refractivity contribution in [2.45, 2.75) is 18.3 Å². The molecule has 0 atom stereocenters. The Morgan fingerprint density at radius 2 is 2.15 bits per heavy atom. The van der Waals surface area contributed by atoms with Gasteiger partial charge in [0.05, 0.1) is 11.1 Å². The van der Waals surface area contributed by atoms with E-state index in [1.54, 1.807) is 6.07 Å². The van der Waals surface area contributed by atoms with Crippen LogP contribution in [-0.4, -0.2) is 15.9 Å². The van der Waals surface area contributed by atoms with Crippen molar-refractivity contribution in [3.63, 3.8) is 0 Å². The van der Waals surface area contributed by atoms with Crippen LogP contribution in [0.25, 0.3) is 0 Å². The van der Waals surface area contributed by atoms with Gasteiger partial charge in [0.1, 0.15) is 12.1 Å². The van der Waals surface area contributed by atoms with Gasteiger partial charge in [-0.25, -0.2) is 9.97 Å². The molecule has 68 valence electrons. The van der Waals surface area contributed by atoms with Crippen LogP contribution in [0, 0.1) is 0 Å². The largest absolute Gasteiger partial charge is 0.384 e. The molecule has 1 amide bonds. The van der Waals surface area contributed by atoms with Gasteiger partial charge in [0.15, 0.2) is 0 Å². The van der Waals surface area contributed by atoms with E-state index in [1.807, 2.05) is 0 Å². The first kappa shape index (κ1) is 7.97. The predicted molar refractivity (Wildman–Crippen MR) is 46.6 cm³/mol. The smallest absolute Gasteiger partial charge is 0.229 e. The Bertz CT molecular complexity index is 359. The summed E-state index contributed by atoms with van der Waals surface area (Å²) in [5.74, 6) is 0.0446. The number of nitrogens with two attached hydrogens (primary N) is 2. The summed E-state index contributed by atoms with van der Waals surface area (Å²) in [5, 5.41) is 0. The number of nitrogen functional groups attached to an aromatic ring is 1. The molecule has 0 aliphatic heterocycles. The Labute approximate surface area is 75.2 Å². The van der Waals surface area contributed by atoms with Gasteiger partial charge in [-0.15, -0.1) is 0 Å². The molecule has 4 N–H and O–H groups in total. The molecule has 1 aliphatic rings. The Balaban J connectivity index is 2.41. The molecule has 1 saturated carbocycles. The van der Waals surface area contributed by atoms with E-state index in [1.165, 1.54) is 6.33 Å². The number of carbonyl (C=O) groups is 1. The lowest BCUT2D eigenvalue weighted by atomic mass is 10.0. The number of nitrogens with zero attached hydrogens (tertiary/aromatic N) is 2. The molecule has 5 heteroatoms. The summed E-state index contributed by atoms with van der Waals surface area (Å²) >= 11 is 0. The molecule has 0 unspecified atom stereocenters. The molecule has 13 heavy (non-hydrogen) atoms. The van der Waals surface area contributed by atoms with Crippen LogP contribution in [0.5, 0.6) is 0 Å². The van der Waals surface area contributed by atoms with Crippen molar-refractivity contribution >= 4 is 11.7 Å². The van der Waals surface area contributed by atoms with E-state index in [2.05, 4.69) is 9.97 Å². The Morgan fingerprint density at radius 3 is 2.62 bits per heavy atom. The van der Waals surface area contributed by atoms with E-state index in [0.717, 1.165) is 12.8 Å². The monoisotopic (exact) mass is 178 g/mol. The molecular weight excluding hydrogens is 168 g/mol. The number of anilines is 1. The van der Waals surface area contributed by atoms with Crippen molar-refractivity contribution in [3.8, 4) is 0 Å². The van der Waals surface area contributed by atoms with Gasteiger partial charge in [0.25, 0.3) is 0 Å². The zero-order chi connectivity index (χ0) is 9.47. The fourth-order valence-corrected chi connectivity index (χ4v) is 1.39. The summed E-state index contributed by atoms with van der Waals surface area (Å²) in [4.78, 5) is 18.9. The van der Waals surface area contributed by atoms with E-state index in [9.17, 15) is 4.79 Å². The van der Waals surface area contributed by atoms with E-state index in [0.29, 0.717) is 11.5 Å². The summed E-state index contributed by atoms with van der Waals surface area (Å²) in [5.41, 5.74) is 10.8. The highest BCUT2D eigenvalue weighted by Gasteiger charge is 2.51. The highest BCUT2D eigenvalue weighted by molar-refractivity contribution is 5.89. The molecule has 1 aromatic heterocycles. The zero-order valence-corrected chi connectivity index (χ0v) is 7.03. The standard InChI is InChI=1S/C8H10N4O/c9-6-3-5(11-4-12-6)8(1-2-8)7(10)13/h3-4H,1-2H2,(H2,10,13)(H2,9,11,12). The summed E-state index contributed by atoms with van der Waals surface area (Å²) in [7, 11) is 0. The van der Waals surface area contributed by atoms with Crippen LogP contribution in [0.3, 0.4) is 0 Å². The number of rotatable bonds is 2. The maximum absolute atomic E-state index is 11.1. The van der Waals surface area contributed by atoms with Crippen molar-refractivity contribution in [2.24, 2.45) is 5.73 Å². The normalized spacial score (nSPS) is 18.2. The maximum atomic E-state index is 11.1. The topological polar surface area (TPSA) is 94.9 Å². The summed E-state index contributed by atoms with van der Waals surface area (Å²) in [6.07, 6.45) is 2.88. The zero-order valence-electron chi connectivity index (χ0n) is 7.03. The van der Waals surface area contributed by atoms with Gasteiger partial charge < -0.3 is 11.5 Å². The van der Waals surface area contributed by atoms with Crippen LogP contribution in [0.15, 0.2) is 12.4 Å². The van der Waals surface area contributed by atoms with Gasteiger partial charge in [0, 0.05) is 6.07 Å². The molecule has 1 aromatic rings. The number of hydrogen-bond donors (Lipinski definition) is 2. The second-order valence-electron chi connectivity index (χ2n) is 3.27. The fraction of sp³-hybridized carbons (Fsp3) is 0.375. The average Bonchev–Trinajstić information content (AvgIpc) is 2.83. The third kappa shape index (κ3) is 1.12. The lowest BCUT2D eigenvalue weighted by Crippen LogP contribution is -2.29. The van der Waals surface area contributed by atoms with Crippen LogP contribution in [0.1, 0.15) is 18.5 Å². The molecule has 5 nitrogen and oxygen atoms in total. The van der Waals surface area contributed by atoms with Gasteiger partial charge in [-0.1, -0.05) is 0 Å². The Hall–Kier alpha value is -1.65. The molecule has 0 spiro atoms. The lowest BCUT2D eigenvalue weighted by molar-refractivity contribution is -0.120. The van der Waals surface area contributed by atoms with Crippen LogP contribution < -0.4 is 11.5 Å². The first-order valence-electron chi connectivity index (χ1n) is 4.03. The second-order valence-corrected chi connectivity index (χ2v) is 3.27. The minimum absolute atomic E-state index is 0.328. The van der Waals surface area contributed by atoms with Gasteiger partial charge >= 0.3 is 0 Å². The van der Waals surface area contributed by atoms with Gasteiger partial charge in [-0.3, -0.25) is 4.79 Å². The van der Waals surface area contributed by atoms with Crippen LogP contribution >= 0.6 is 0 Å². The molecule has 0 aromatic carbocycles. The van der Waals surface area contributed by atoms with E-state index < -0.39 is 5.41 Å². The Kier molecular flexibility index (Phi) is 1.48. The van der Waals surface area contributed by atoms with E-state index >= 15 is 0 Å². The van der Waals surface area contributed by atoms with E-state index in [-0.39, 0.29) is 5.91 Å². The van der Waals surface area contributed by atoms with Crippen LogP contribution in [0.4, 0.5) is 5.82 Å². The number of aromatic nitrogens is 2. The lowest BCUT2D eigenvalue weighted by Gasteiger charge is -2.09. The van der Waals surface area contributed by atoms with Crippen molar-refractivity contribution in [1.29, 1.82) is 0 Å². The second kappa shape index (κ2) is 2.42.